The van der Waals surface area contributed by atoms with E-state index < -0.39 is 16.0 Å². The van der Waals surface area contributed by atoms with Gasteiger partial charge in [0.15, 0.2) is 0 Å². The number of unbranched alkanes of at least 4 members (excludes halogenated alkanes) is 1. The summed E-state index contributed by atoms with van der Waals surface area (Å²) >= 11 is 0. The van der Waals surface area contributed by atoms with Crippen LogP contribution in [0.5, 0.6) is 5.75 Å². The summed E-state index contributed by atoms with van der Waals surface area (Å²) in [6, 6.07) is 3.49. The zero-order valence-corrected chi connectivity index (χ0v) is 11.0. The van der Waals surface area contributed by atoms with E-state index in [0.717, 1.165) is 12.5 Å². The first-order valence-corrected chi connectivity index (χ1v) is 7.04. The molecular weight excluding hydrogens is 270 g/mol. The van der Waals surface area contributed by atoms with Gasteiger partial charge in [-0.2, -0.15) is 0 Å². The second-order valence-corrected chi connectivity index (χ2v) is 5.35. The van der Waals surface area contributed by atoms with Crippen LogP contribution in [0.1, 0.15) is 23.2 Å². The van der Waals surface area contributed by atoms with E-state index in [1.807, 2.05) is 0 Å². The van der Waals surface area contributed by atoms with Crippen LogP contribution in [-0.4, -0.2) is 26.1 Å². The highest BCUT2D eigenvalue weighted by molar-refractivity contribution is 7.89. The van der Waals surface area contributed by atoms with Crippen LogP contribution in [0.25, 0.3) is 0 Å². The average molecular weight is 285 g/mol. The van der Waals surface area contributed by atoms with Crippen molar-refractivity contribution in [1.29, 1.82) is 0 Å². The predicted octanol–water partition coefficient (Wildman–Crippen LogP) is 1.38. The zero-order valence-electron chi connectivity index (χ0n) is 10.2. The maximum atomic E-state index is 11.2. The molecule has 7 heteroatoms. The molecule has 0 saturated carbocycles. The first-order chi connectivity index (χ1) is 8.86. The standard InChI is InChI=1S/C12H15NO5S/c1-2-3-4-7-18-11-6-5-9(19(13,16)17)8-10(11)12(14)15/h2,5-6,8H,1,3-4,7H2,(H,14,15)(H2,13,16,17). The topological polar surface area (TPSA) is 107 Å². The van der Waals surface area contributed by atoms with Gasteiger partial charge < -0.3 is 9.84 Å². The number of benzene rings is 1. The maximum Gasteiger partial charge on any atom is 0.339 e. The number of hydrogen-bond acceptors (Lipinski definition) is 4. The van der Waals surface area contributed by atoms with Gasteiger partial charge in [-0.15, -0.1) is 6.58 Å². The molecule has 0 unspecified atom stereocenters. The Balaban J connectivity index is 2.99. The minimum atomic E-state index is -3.94. The molecule has 0 aliphatic heterocycles. The highest BCUT2D eigenvalue weighted by Gasteiger charge is 2.16. The Labute approximate surface area is 111 Å². The van der Waals surface area contributed by atoms with Gasteiger partial charge in [0.1, 0.15) is 11.3 Å². The van der Waals surface area contributed by atoms with Gasteiger partial charge in [0, 0.05) is 0 Å². The molecule has 0 radical (unpaired) electrons. The Hall–Kier alpha value is -1.86. The molecule has 1 aromatic carbocycles. The minimum Gasteiger partial charge on any atom is -0.493 e. The molecule has 0 fully saturated rings. The Morgan fingerprint density at radius 1 is 1.47 bits per heavy atom. The number of nitrogens with two attached hydrogens (primary N) is 1. The van der Waals surface area contributed by atoms with E-state index in [2.05, 4.69) is 6.58 Å². The van der Waals surface area contributed by atoms with Crippen molar-refractivity contribution in [2.75, 3.05) is 6.61 Å². The molecule has 0 aromatic heterocycles. The summed E-state index contributed by atoms with van der Waals surface area (Å²) < 4.78 is 27.6. The number of sulfonamides is 1. The van der Waals surface area contributed by atoms with Crippen LogP contribution in [0.15, 0.2) is 35.7 Å². The van der Waals surface area contributed by atoms with Crippen molar-refractivity contribution in [2.24, 2.45) is 5.14 Å². The van der Waals surface area contributed by atoms with E-state index in [-0.39, 0.29) is 16.2 Å². The lowest BCUT2D eigenvalue weighted by Gasteiger charge is -2.09. The SMILES string of the molecule is C=CCCCOc1ccc(S(N)(=O)=O)cc1C(=O)O. The number of rotatable bonds is 7. The fourth-order valence-corrected chi connectivity index (χ4v) is 1.93. The molecule has 3 N–H and O–H groups in total. The normalized spacial score (nSPS) is 11.0. The number of carboxylic acids is 1. The van der Waals surface area contributed by atoms with Crippen LogP contribution in [0.3, 0.4) is 0 Å². The first kappa shape index (κ1) is 15.2. The number of carboxylic acid groups (broad SMARTS) is 1. The summed E-state index contributed by atoms with van der Waals surface area (Å²) in [5.41, 5.74) is -0.231. The predicted molar refractivity (Wildman–Crippen MR) is 69.7 cm³/mol. The summed E-state index contributed by atoms with van der Waals surface area (Å²) in [4.78, 5) is 10.8. The van der Waals surface area contributed by atoms with Gasteiger partial charge in [0.2, 0.25) is 10.0 Å². The third kappa shape index (κ3) is 4.38. The molecule has 0 aliphatic carbocycles. The molecular formula is C12H15NO5S. The Bertz CT molecular complexity index is 580. The summed E-state index contributed by atoms with van der Waals surface area (Å²) in [6.45, 7) is 3.88. The molecule has 0 amide bonds. The lowest BCUT2D eigenvalue weighted by molar-refractivity contribution is 0.0692. The smallest absolute Gasteiger partial charge is 0.339 e. The van der Waals surface area contributed by atoms with Crippen molar-refractivity contribution in [3.8, 4) is 5.75 Å². The molecule has 0 heterocycles. The van der Waals surface area contributed by atoms with Crippen LogP contribution in [0.2, 0.25) is 0 Å². The molecule has 1 rings (SSSR count). The van der Waals surface area contributed by atoms with Crippen LogP contribution in [0, 0.1) is 0 Å². The highest BCUT2D eigenvalue weighted by atomic mass is 32.2. The van der Waals surface area contributed by atoms with Crippen molar-refractivity contribution < 1.29 is 23.1 Å². The van der Waals surface area contributed by atoms with Crippen LogP contribution in [-0.2, 0) is 10.0 Å². The van der Waals surface area contributed by atoms with Gasteiger partial charge in [0.25, 0.3) is 0 Å². The monoisotopic (exact) mass is 285 g/mol. The van der Waals surface area contributed by atoms with E-state index in [4.69, 9.17) is 15.0 Å². The van der Waals surface area contributed by atoms with Gasteiger partial charge >= 0.3 is 5.97 Å². The number of carbonyl (C=O) groups is 1. The number of allylic oxidation sites excluding steroid dienone is 1. The molecule has 1 aromatic rings. The summed E-state index contributed by atoms with van der Waals surface area (Å²) in [6.07, 6.45) is 3.17. The van der Waals surface area contributed by atoms with Crippen molar-refractivity contribution >= 4 is 16.0 Å². The Morgan fingerprint density at radius 3 is 2.68 bits per heavy atom. The molecule has 0 bridgehead atoms. The quantitative estimate of drug-likeness (QED) is 0.581. The highest BCUT2D eigenvalue weighted by Crippen LogP contribution is 2.22. The van der Waals surface area contributed by atoms with Crippen LogP contribution >= 0.6 is 0 Å². The third-order valence-electron chi connectivity index (χ3n) is 2.32. The second-order valence-electron chi connectivity index (χ2n) is 3.79. The van der Waals surface area contributed by atoms with Gasteiger partial charge in [-0.05, 0) is 31.0 Å². The number of primary sulfonamides is 1. The third-order valence-corrected chi connectivity index (χ3v) is 3.23. The Morgan fingerprint density at radius 2 is 2.16 bits per heavy atom. The Kier molecular flexibility index (Phi) is 5.08. The molecule has 0 aliphatic rings. The summed E-state index contributed by atoms with van der Waals surface area (Å²) in [5.74, 6) is -1.16. The molecule has 19 heavy (non-hydrogen) atoms. The summed E-state index contributed by atoms with van der Waals surface area (Å²) in [5, 5.41) is 14.0. The fourth-order valence-electron chi connectivity index (χ4n) is 1.39. The van der Waals surface area contributed by atoms with E-state index in [1.54, 1.807) is 6.08 Å². The molecule has 104 valence electrons. The number of hydrogen-bond donors (Lipinski definition) is 2. The molecule has 6 nitrogen and oxygen atoms in total. The van der Waals surface area contributed by atoms with Gasteiger partial charge in [0.05, 0.1) is 11.5 Å². The van der Waals surface area contributed by atoms with Crippen molar-refractivity contribution in [3.05, 3.63) is 36.4 Å². The van der Waals surface area contributed by atoms with Crippen molar-refractivity contribution in [2.45, 2.75) is 17.7 Å². The largest absolute Gasteiger partial charge is 0.493 e. The zero-order chi connectivity index (χ0) is 14.5. The maximum absolute atomic E-state index is 11.2. The minimum absolute atomic E-state index is 0.115. The number of ether oxygens (including phenoxy) is 1. The van der Waals surface area contributed by atoms with Gasteiger partial charge in [-0.25, -0.2) is 18.4 Å². The van der Waals surface area contributed by atoms with Crippen LogP contribution < -0.4 is 9.88 Å². The molecule has 0 saturated heterocycles. The van der Waals surface area contributed by atoms with Gasteiger partial charge in [-0.3, -0.25) is 0 Å². The molecule has 0 atom stereocenters. The van der Waals surface area contributed by atoms with E-state index >= 15 is 0 Å². The lowest BCUT2D eigenvalue weighted by atomic mass is 10.2. The van der Waals surface area contributed by atoms with Crippen molar-refractivity contribution in [3.63, 3.8) is 0 Å². The first-order valence-electron chi connectivity index (χ1n) is 5.50. The fraction of sp³-hybridized carbons (Fsp3) is 0.250. The average Bonchev–Trinajstić information content (AvgIpc) is 2.33. The molecule has 0 spiro atoms. The lowest BCUT2D eigenvalue weighted by Crippen LogP contribution is -2.14. The summed E-state index contributed by atoms with van der Waals surface area (Å²) in [7, 11) is -3.94. The second kappa shape index (κ2) is 6.35. The van der Waals surface area contributed by atoms with E-state index in [9.17, 15) is 13.2 Å². The van der Waals surface area contributed by atoms with Gasteiger partial charge in [-0.1, -0.05) is 6.08 Å². The van der Waals surface area contributed by atoms with Crippen LogP contribution in [0.4, 0.5) is 0 Å². The number of aromatic carboxylic acids is 1. The van der Waals surface area contributed by atoms with Crippen molar-refractivity contribution in [1.82, 2.24) is 0 Å². The van der Waals surface area contributed by atoms with E-state index in [0.29, 0.717) is 13.0 Å². The van der Waals surface area contributed by atoms with E-state index in [1.165, 1.54) is 12.1 Å².